The number of phenolic OH excluding ortho intramolecular Hbond substituents is 1. The minimum Gasteiger partial charge on any atom is -0.507 e. The third-order valence-corrected chi connectivity index (χ3v) is 5.15. The molecule has 1 aromatic heterocycles. The minimum absolute atomic E-state index is 0.0446. The van der Waals surface area contributed by atoms with Gasteiger partial charge in [-0.05, 0) is 78.6 Å². The Labute approximate surface area is 148 Å². The van der Waals surface area contributed by atoms with Crippen LogP contribution in [0.3, 0.4) is 0 Å². The number of thiophene rings is 1. The molecule has 0 aliphatic heterocycles. The van der Waals surface area contributed by atoms with Crippen molar-refractivity contribution >= 4 is 23.2 Å². The lowest BCUT2D eigenvalue weighted by molar-refractivity contribution is 0.105. The van der Waals surface area contributed by atoms with Gasteiger partial charge in [-0.3, -0.25) is 4.79 Å². The van der Waals surface area contributed by atoms with E-state index in [2.05, 4.69) is 12.3 Å². The first-order valence-corrected chi connectivity index (χ1v) is 9.49. The van der Waals surface area contributed by atoms with Crippen molar-refractivity contribution in [1.29, 1.82) is 0 Å². The molecular formula is C21H26O2S. The Hall–Kier alpha value is -1.87. The van der Waals surface area contributed by atoms with Gasteiger partial charge in [0, 0.05) is 0 Å². The number of phenols is 1. The number of hydrogen-bond donors (Lipinski definition) is 1. The summed E-state index contributed by atoms with van der Waals surface area (Å²) in [4.78, 5) is 13.1. The standard InChI is InChI=1S/C21H26O2S/c1-4-5-6-7-8-18-13-20(24-14-18)19(22)10-9-17-11-15(2)21(23)16(3)12-17/h9-14,23H,4-8H2,1-3H3. The third-order valence-electron chi connectivity index (χ3n) is 4.16. The number of allylic oxidation sites excluding steroid dienone is 1. The number of ketones is 1. The summed E-state index contributed by atoms with van der Waals surface area (Å²) in [6.07, 6.45) is 9.48. The molecule has 0 spiro atoms. The Kier molecular flexibility index (Phi) is 6.80. The van der Waals surface area contributed by atoms with Gasteiger partial charge >= 0.3 is 0 Å². The van der Waals surface area contributed by atoms with Crippen molar-refractivity contribution in [3.05, 3.63) is 56.8 Å². The average molecular weight is 343 g/mol. The maximum atomic E-state index is 12.3. The molecule has 0 amide bonds. The quantitative estimate of drug-likeness (QED) is 0.358. The Morgan fingerprint density at radius 3 is 2.50 bits per heavy atom. The molecule has 2 rings (SSSR count). The van der Waals surface area contributed by atoms with Gasteiger partial charge in [0.25, 0.3) is 0 Å². The maximum absolute atomic E-state index is 12.3. The molecule has 1 N–H and O–H groups in total. The second-order valence-corrected chi connectivity index (χ2v) is 7.24. The summed E-state index contributed by atoms with van der Waals surface area (Å²) in [6, 6.07) is 5.80. The van der Waals surface area contributed by atoms with E-state index in [0.29, 0.717) is 5.75 Å². The summed E-state index contributed by atoms with van der Waals surface area (Å²) < 4.78 is 0. The molecule has 0 atom stereocenters. The molecule has 0 saturated heterocycles. The van der Waals surface area contributed by atoms with Crippen molar-refractivity contribution in [3.8, 4) is 5.75 Å². The van der Waals surface area contributed by atoms with E-state index in [9.17, 15) is 9.90 Å². The predicted molar refractivity (Wildman–Crippen MR) is 103 cm³/mol. The van der Waals surface area contributed by atoms with Crippen molar-refractivity contribution in [2.75, 3.05) is 0 Å². The fraction of sp³-hybridized carbons (Fsp3) is 0.381. The number of aromatic hydroxyl groups is 1. The van der Waals surface area contributed by atoms with Crippen LogP contribution in [-0.2, 0) is 6.42 Å². The number of benzene rings is 1. The predicted octanol–water partition coefficient (Wildman–Crippen LogP) is 6.09. The van der Waals surface area contributed by atoms with E-state index in [1.807, 2.05) is 38.1 Å². The zero-order valence-electron chi connectivity index (χ0n) is 14.8. The number of hydrogen-bond acceptors (Lipinski definition) is 3. The lowest BCUT2D eigenvalue weighted by Crippen LogP contribution is -1.90. The number of carbonyl (C=O) groups excluding carboxylic acids is 1. The van der Waals surface area contributed by atoms with Crippen molar-refractivity contribution in [1.82, 2.24) is 0 Å². The highest BCUT2D eigenvalue weighted by molar-refractivity contribution is 7.12. The van der Waals surface area contributed by atoms with Crippen LogP contribution in [0.4, 0.5) is 0 Å². The number of rotatable bonds is 8. The van der Waals surface area contributed by atoms with Gasteiger partial charge in [-0.1, -0.05) is 32.3 Å². The van der Waals surface area contributed by atoms with E-state index in [4.69, 9.17) is 0 Å². The van der Waals surface area contributed by atoms with Crippen LogP contribution in [-0.4, -0.2) is 10.9 Å². The highest BCUT2D eigenvalue weighted by atomic mass is 32.1. The van der Waals surface area contributed by atoms with Gasteiger partial charge in [-0.15, -0.1) is 11.3 Å². The summed E-state index contributed by atoms with van der Waals surface area (Å²) in [7, 11) is 0. The second kappa shape index (κ2) is 8.84. The lowest BCUT2D eigenvalue weighted by atomic mass is 10.0. The van der Waals surface area contributed by atoms with Crippen LogP contribution in [0.15, 0.2) is 29.7 Å². The van der Waals surface area contributed by atoms with Gasteiger partial charge in [-0.25, -0.2) is 0 Å². The molecule has 0 radical (unpaired) electrons. The van der Waals surface area contributed by atoms with Gasteiger partial charge in [-0.2, -0.15) is 0 Å². The molecule has 1 heterocycles. The van der Waals surface area contributed by atoms with Crippen LogP contribution in [0.1, 0.15) is 64.5 Å². The van der Waals surface area contributed by atoms with E-state index in [0.717, 1.165) is 28.0 Å². The Bertz CT molecular complexity index is 702. The van der Waals surface area contributed by atoms with Crippen LogP contribution in [0.25, 0.3) is 6.08 Å². The monoisotopic (exact) mass is 342 g/mol. The molecule has 1 aromatic carbocycles. The van der Waals surface area contributed by atoms with Crippen LogP contribution in [0.2, 0.25) is 0 Å². The Morgan fingerprint density at radius 1 is 1.12 bits per heavy atom. The van der Waals surface area contributed by atoms with Crippen molar-refractivity contribution in [2.45, 2.75) is 52.9 Å². The summed E-state index contributed by atoms with van der Waals surface area (Å²) in [5.74, 6) is 0.368. The van der Waals surface area contributed by atoms with Crippen molar-refractivity contribution < 1.29 is 9.90 Å². The molecule has 24 heavy (non-hydrogen) atoms. The molecule has 0 aliphatic carbocycles. The van der Waals surface area contributed by atoms with Gasteiger partial charge in [0.05, 0.1) is 4.88 Å². The smallest absolute Gasteiger partial charge is 0.195 e. The second-order valence-electron chi connectivity index (χ2n) is 6.33. The normalized spacial score (nSPS) is 11.3. The fourth-order valence-corrected chi connectivity index (χ4v) is 3.60. The van der Waals surface area contributed by atoms with Gasteiger partial charge < -0.3 is 5.11 Å². The highest BCUT2D eigenvalue weighted by Gasteiger charge is 2.07. The first kappa shape index (κ1) is 18.5. The van der Waals surface area contributed by atoms with Crippen LogP contribution in [0, 0.1) is 13.8 Å². The largest absolute Gasteiger partial charge is 0.507 e. The Morgan fingerprint density at radius 2 is 1.83 bits per heavy atom. The van der Waals surface area contributed by atoms with Gasteiger partial charge in [0.1, 0.15) is 5.75 Å². The van der Waals surface area contributed by atoms with E-state index in [1.54, 1.807) is 6.08 Å². The summed E-state index contributed by atoms with van der Waals surface area (Å²) >= 11 is 1.52. The molecule has 0 fully saturated rings. The summed E-state index contributed by atoms with van der Waals surface area (Å²) in [6.45, 7) is 5.95. The first-order chi connectivity index (χ1) is 11.5. The van der Waals surface area contributed by atoms with Gasteiger partial charge in [0.15, 0.2) is 5.78 Å². The SMILES string of the molecule is CCCCCCc1csc(C(=O)C=Cc2cc(C)c(O)c(C)c2)c1. The molecule has 2 aromatic rings. The molecule has 2 nitrogen and oxygen atoms in total. The van der Waals surface area contributed by atoms with E-state index < -0.39 is 0 Å². The maximum Gasteiger partial charge on any atom is 0.195 e. The Balaban J connectivity index is 1.98. The topological polar surface area (TPSA) is 37.3 Å². The van der Waals surface area contributed by atoms with Crippen LogP contribution < -0.4 is 0 Å². The number of unbranched alkanes of at least 4 members (excludes halogenated alkanes) is 3. The van der Waals surface area contributed by atoms with Crippen LogP contribution >= 0.6 is 11.3 Å². The molecule has 128 valence electrons. The average Bonchev–Trinajstić information content (AvgIpc) is 3.03. The summed E-state index contributed by atoms with van der Waals surface area (Å²) in [5.41, 5.74) is 3.86. The van der Waals surface area contributed by atoms with Gasteiger partial charge in [0.2, 0.25) is 0 Å². The van der Waals surface area contributed by atoms with E-state index >= 15 is 0 Å². The number of carbonyl (C=O) groups is 1. The molecular weight excluding hydrogens is 316 g/mol. The number of aryl methyl sites for hydroxylation is 3. The molecule has 0 aliphatic rings. The van der Waals surface area contributed by atoms with E-state index in [1.165, 1.54) is 42.6 Å². The van der Waals surface area contributed by atoms with Crippen molar-refractivity contribution in [2.24, 2.45) is 0 Å². The zero-order chi connectivity index (χ0) is 17.5. The summed E-state index contributed by atoms with van der Waals surface area (Å²) in [5, 5.41) is 11.9. The zero-order valence-corrected chi connectivity index (χ0v) is 15.6. The first-order valence-electron chi connectivity index (χ1n) is 8.61. The minimum atomic E-state index is 0.0446. The molecule has 0 bridgehead atoms. The molecule has 0 unspecified atom stereocenters. The fourth-order valence-electron chi connectivity index (χ4n) is 2.73. The molecule has 3 heteroatoms. The molecule has 0 saturated carbocycles. The van der Waals surface area contributed by atoms with Crippen molar-refractivity contribution in [3.63, 3.8) is 0 Å². The van der Waals surface area contributed by atoms with E-state index in [-0.39, 0.29) is 5.78 Å². The van der Waals surface area contributed by atoms with Crippen LogP contribution in [0.5, 0.6) is 5.75 Å². The third kappa shape index (κ3) is 5.07. The lowest BCUT2D eigenvalue weighted by Gasteiger charge is -2.04. The highest BCUT2D eigenvalue weighted by Crippen LogP contribution is 2.24.